The van der Waals surface area contributed by atoms with E-state index in [1.807, 2.05) is 0 Å². The summed E-state index contributed by atoms with van der Waals surface area (Å²) in [6.45, 7) is 0.989. The van der Waals surface area contributed by atoms with Crippen LogP contribution in [-0.2, 0) is 11.3 Å². The first-order chi connectivity index (χ1) is 8.60. The van der Waals surface area contributed by atoms with Gasteiger partial charge in [-0.15, -0.1) is 0 Å². The van der Waals surface area contributed by atoms with Crippen molar-refractivity contribution in [2.24, 2.45) is 0 Å². The zero-order valence-corrected chi connectivity index (χ0v) is 11.6. The van der Waals surface area contributed by atoms with Crippen molar-refractivity contribution in [3.63, 3.8) is 0 Å². The maximum Gasteiger partial charge on any atom is 0.410 e. The highest BCUT2D eigenvalue weighted by Crippen LogP contribution is 2.18. The van der Waals surface area contributed by atoms with E-state index in [1.165, 1.54) is 12.1 Å². The van der Waals surface area contributed by atoms with Gasteiger partial charge in [-0.1, -0.05) is 34.7 Å². The Balaban J connectivity index is 2.01. The molecule has 0 saturated carbocycles. The maximum absolute atomic E-state index is 11.5. The van der Waals surface area contributed by atoms with Gasteiger partial charge in [0.1, 0.15) is 6.10 Å². The average Bonchev–Trinajstić information content (AvgIpc) is 2.71. The average molecular weight is 362 g/mol. The van der Waals surface area contributed by atoms with Gasteiger partial charge in [0.15, 0.2) is 0 Å². The third kappa shape index (κ3) is 2.89. The second kappa shape index (κ2) is 5.51. The molecule has 1 amide bonds. The lowest BCUT2D eigenvalue weighted by Crippen LogP contribution is -2.24. The van der Waals surface area contributed by atoms with Crippen LogP contribution in [-0.4, -0.2) is 33.0 Å². The highest BCUT2D eigenvalue weighted by atomic mass is 127. The van der Waals surface area contributed by atoms with Crippen molar-refractivity contribution >= 4 is 34.4 Å². The van der Waals surface area contributed by atoms with Crippen molar-refractivity contribution in [1.29, 1.82) is 0 Å². The predicted octanol–water partition coefficient (Wildman–Crippen LogP) is 2.35. The zero-order valence-electron chi connectivity index (χ0n) is 9.41. The number of carbonyl (C=O) groups excluding carboxylic acids is 1. The fourth-order valence-corrected chi connectivity index (χ4v) is 2.19. The van der Waals surface area contributed by atoms with E-state index >= 15 is 0 Å². The Morgan fingerprint density at radius 3 is 2.61 bits per heavy atom. The standard InChI is InChI=1S/C11H11IN2O4/c12-5-10-7-13(11(15)18-10)6-8-1-3-9(4-2-8)14(16)17/h1-4,10H,5-7H2. The Morgan fingerprint density at radius 1 is 1.44 bits per heavy atom. The van der Waals surface area contributed by atoms with Crippen molar-refractivity contribution in [3.8, 4) is 0 Å². The molecular formula is C11H11IN2O4. The van der Waals surface area contributed by atoms with Gasteiger partial charge in [-0.2, -0.15) is 0 Å². The summed E-state index contributed by atoms with van der Waals surface area (Å²) in [7, 11) is 0. The number of nitro benzene ring substituents is 1. The molecule has 96 valence electrons. The zero-order chi connectivity index (χ0) is 13.1. The monoisotopic (exact) mass is 362 g/mol. The molecule has 1 atom stereocenters. The van der Waals surface area contributed by atoms with E-state index in [1.54, 1.807) is 17.0 Å². The van der Waals surface area contributed by atoms with Gasteiger partial charge >= 0.3 is 6.09 Å². The summed E-state index contributed by atoms with van der Waals surface area (Å²) in [5, 5.41) is 10.5. The van der Waals surface area contributed by atoms with Gasteiger partial charge < -0.3 is 9.64 Å². The lowest BCUT2D eigenvalue weighted by atomic mass is 10.2. The van der Waals surface area contributed by atoms with Crippen molar-refractivity contribution in [1.82, 2.24) is 4.90 Å². The van der Waals surface area contributed by atoms with E-state index in [2.05, 4.69) is 22.6 Å². The summed E-state index contributed by atoms with van der Waals surface area (Å²) in [6.07, 6.45) is -0.383. The molecule has 1 fully saturated rings. The first-order valence-corrected chi connectivity index (χ1v) is 6.87. The molecule has 7 heteroatoms. The Kier molecular flexibility index (Phi) is 4.00. The Labute approximate surface area is 117 Å². The first kappa shape index (κ1) is 13.1. The minimum atomic E-state index is -0.444. The molecule has 1 aromatic rings. The minimum absolute atomic E-state index is 0.0490. The van der Waals surface area contributed by atoms with Gasteiger partial charge in [0.25, 0.3) is 5.69 Å². The van der Waals surface area contributed by atoms with Crippen LogP contribution in [0.2, 0.25) is 0 Å². The van der Waals surface area contributed by atoms with Crippen LogP contribution in [0.25, 0.3) is 0 Å². The van der Waals surface area contributed by atoms with Crippen molar-refractivity contribution < 1.29 is 14.5 Å². The number of benzene rings is 1. The Hall–Kier alpha value is -1.38. The molecule has 1 heterocycles. The maximum atomic E-state index is 11.5. The molecule has 6 nitrogen and oxygen atoms in total. The van der Waals surface area contributed by atoms with Crippen LogP contribution >= 0.6 is 22.6 Å². The van der Waals surface area contributed by atoms with Gasteiger partial charge in [0, 0.05) is 23.1 Å². The van der Waals surface area contributed by atoms with Crippen LogP contribution in [0, 0.1) is 10.1 Å². The highest BCUT2D eigenvalue weighted by Gasteiger charge is 2.30. The van der Waals surface area contributed by atoms with Crippen LogP contribution in [0.5, 0.6) is 0 Å². The van der Waals surface area contributed by atoms with E-state index < -0.39 is 4.92 Å². The number of carbonyl (C=O) groups is 1. The number of alkyl halides is 1. The molecular weight excluding hydrogens is 351 g/mol. The molecule has 0 N–H and O–H groups in total. The minimum Gasteiger partial charge on any atom is -0.443 e. The molecule has 18 heavy (non-hydrogen) atoms. The Bertz CT molecular complexity index is 463. The molecule has 0 radical (unpaired) electrons. The molecule has 0 spiro atoms. The SMILES string of the molecule is O=C1OC(CI)CN1Cc1ccc([N+](=O)[O-])cc1. The number of halogens is 1. The molecule has 1 saturated heterocycles. The summed E-state index contributed by atoms with van der Waals surface area (Å²) >= 11 is 2.17. The van der Waals surface area contributed by atoms with E-state index in [-0.39, 0.29) is 17.9 Å². The number of nitro groups is 1. The third-order valence-electron chi connectivity index (χ3n) is 2.64. The molecule has 1 aromatic carbocycles. The molecule has 0 aliphatic carbocycles. The van der Waals surface area contributed by atoms with Crippen LogP contribution in [0.3, 0.4) is 0 Å². The van der Waals surface area contributed by atoms with Crippen LogP contribution < -0.4 is 0 Å². The normalized spacial score (nSPS) is 18.8. The summed E-state index contributed by atoms with van der Waals surface area (Å²) in [6, 6.07) is 6.19. The number of rotatable bonds is 4. The number of amides is 1. The highest BCUT2D eigenvalue weighted by molar-refractivity contribution is 14.1. The van der Waals surface area contributed by atoms with Crippen molar-refractivity contribution in [2.75, 3.05) is 11.0 Å². The lowest BCUT2D eigenvalue weighted by Gasteiger charge is -2.12. The molecule has 2 rings (SSSR count). The lowest BCUT2D eigenvalue weighted by molar-refractivity contribution is -0.384. The van der Waals surface area contributed by atoms with Gasteiger partial charge in [-0.05, 0) is 5.56 Å². The number of ether oxygens (including phenoxy) is 1. The fraction of sp³-hybridized carbons (Fsp3) is 0.364. The topological polar surface area (TPSA) is 72.7 Å². The summed E-state index contributed by atoms with van der Waals surface area (Å²) in [5.41, 5.74) is 0.902. The summed E-state index contributed by atoms with van der Waals surface area (Å²) < 4.78 is 5.89. The third-order valence-corrected chi connectivity index (χ3v) is 3.62. The molecule has 0 bridgehead atoms. The van der Waals surface area contributed by atoms with E-state index in [0.717, 1.165) is 9.99 Å². The smallest absolute Gasteiger partial charge is 0.410 e. The van der Waals surface area contributed by atoms with Crippen LogP contribution in [0.15, 0.2) is 24.3 Å². The first-order valence-electron chi connectivity index (χ1n) is 5.35. The van der Waals surface area contributed by atoms with Crippen molar-refractivity contribution in [3.05, 3.63) is 39.9 Å². The van der Waals surface area contributed by atoms with Crippen LogP contribution in [0.1, 0.15) is 5.56 Å². The summed E-state index contributed by atoms with van der Waals surface area (Å²) in [4.78, 5) is 23.2. The largest absolute Gasteiger partial charge is 0.443 e. The van der Waals surface area contributed by atoms with E-state index in [4.69, 9.17) is 4.74 Å². The number of cyclic esters (lactones) is 1. The van der Waals surface area contributed by atoms with Crippen molar-refractivity contribution in [2.45, 2.75) is 12.6 Å². The number of hydrogen-bond donors (Lipinski definition) is 0. The van der Waals surface area contributed by atoms with Gasteiger partial charge in [-0.25, -0.2) is 4.79 Å². The van der Waals surface area contributed by atoms with E-state index in [0.29, 0.717) is 13.1 Å². The molecule has 1 aliphatic heterocycles. The van der Waals surface area contributed by atoms with Crippen LogP contribution in [0.4, 0.5) is 10.5 Å². The molecule has 0 aromatic heterocycles. The number of nitrogens with zero attached hydrogens (tertiary/aromatic N) is 2. The fourth-order valence-electron chi connectivity index (χ4n) is 1.73. The van der Waals surface area contributed by atoms with Gasteiger partial charge in [0.05, 0.1) is 11.5 Å². The number of non-ortho nitro benzene ring substituents is 1. The quantitative estimate of drug-likeness (QED) is 0.357. The second-order valence-electron chi connectivity index (χ2n) is 3.96. The predicted molar refractivity (Wildman–Crippen MR) is 72.7 cm³/mol. The van der Waals surface area contributed by atoms with E-state index in [9.17, 15) is 14.9 Å². The second-order valence-corrected chi connectivity index (χ2v) is 4.84. The summed E-state index contributed by atoms with van der Waals surface area (Å²) in [5.74, 6) is 0. The number of hydrogen-bond acceptors (Lipinski definition) is 4. The molecule has 1 unspecified atom stereocenters. The molecule has 1 aliphatic rings. The van der Waals surface area contributed by atoms with Gasteiger partial charge in [0.2, 0.25) is 0 Å². The van der Waals surface area contributed by atoms with Gasteiger partial charge in [-0.3, -0.25) is 10.1 Å². The Morgan fingerprint density at radius 2 is 2.11 bits per heavy atom.